The lowest BCUT2D eigenvalue weighted by atomic mass is 10.1. The number of rotatable bonds is 5. The monoisotopic (exact) mass is 287 g/mol. The van der Waals surface area contributed by atoms with Crippen LogP contribution in [0.2, 0.25) is 0 Å². The first-order valence-corrected chi connectivity index (χ1v) is 8.02. The van der Waals surface area contributed by atoms with Crippen LogP contribution < -0.4 is 11.1 Å². The number of amides is 1. The molecule has 1 saturated carbocycles. The molecule has 0 aromatic heterocycles. The van der Waals surface area contributed by atoms with Crippen LogP contribution in [0, 0.1) is 12.8 Å². The molecule has 3 rings (SSSR count). The Morgan fingerprint density at radius 3 is 3.00 bits per heavy atom. The van der Waals surface area contributed by atoms with E-state index in [2.05, 4.69) is 10.2 Å². The predicted octanol–water partition coefficient (Wildman–Crippen LogP) is 2.78. The lowest BCUT2D eigenvalue weighted by Gasteiger charge is -2.26. The average Bonchev–Trinajstić information content (AvgIpc) is 3.06. The molecule has 1 heterocycles. The third kappa shape index (κ3) is 3.21. The van der Waals surface area contributed by atoms with Crippen LogP contribution in [-0.2, 0) is 4.79 Å². The molecule has 3 N–H and O–H groups in total. The van der Waals surface area contributed by atoms with Gasteiger partial charge in [-0.15, -0.1) is 0 Å². The lowest BCUT2D eigenvalue weighted by molar-refractivity contribution is -0.116. The number of likely N-dealkylation sites (tertiary alicyclic amines) is 1. The van der Waals surface area contributed by atoms with E-state index in [-0.39, 0.29) is 5.91 Å². The van der Waals surface area contributed by atoms with Crippen LogP contribution in [0.15, 0.2) is 18.2 Å². The number of anilines is 2. The highest BCUT2D eigenvalue weighted by molar-refractivity contribution is 5.92. The fraction of sp³-hybridized carbons (Fsp3) is 0.588. The van der Waals surface area contributed by atoms with E-state index < -0.39 is 0 Å². The molecular weight excluding hydrogens is 262 g/mol. The fourth-order valence-corrected chi connectivity index (χ4v) is 3.74. The zero-order chi connectivity index (χ0) is 14.8. The van der Waals surface area contributed by atoms with Crippen molar-refractivity contribution in [1.82, 2.24) is 4.90 Å². The summed E-state index contributed by atoms with van der Waals surface area (Å²) in [6, 6.07) is 6.43. The summed E-state index contributed by atoms with van der Waals surface area (Å²) in [6.45, 7) is 4.25. The summed E-state index contributed by atoms with van der Waals surface area (Å²) in [4.78, 5) is 14.6. The van der Waals surface area contributed by atoms with Gasteiger partial charge < -0.3 is 16.0 Å². The van der Waals surface area contributed by atoms with E-state index in [0.717, 1.165) is 41.9 Å². The van der Waals surface area contributed by atoms with Crippen LogP contribution >= 0.6 is 0 Å². The van der Waals surface area contributed by atoms with Crippen LogP contribution in [0.25, 0.3) is 0 Å². The minimum absolute atomic E-state index is 0.0908. The standard InChI is InChI=1S/C17H25N3O/c1-12-15(18)4-2-5-16(12)19-17(21)6-3-9-20-11-13-7-8-14(20)10-13/h2,4-5,13-14H,3,6-11,18H2,1H3,(H,19,21). The molecule has 4 nitrogen and oxygen atoms in total. The van der Waals surface area contributed by atoms with Gasteiger partial charge in [0.2, 0.25) is 5.91 Å². The number of benzene rings is 1. The highest BCUT2D eigenvalue weighted by Gasteiger charge is 2.37. The number of nitrogens with two attached hydrogens (primary N) is 1. The highest BCUT2D eigenvalue weighted by Crippen LogP contribution is 2.37. The van der Waals surface area contributed by atoms with Crippen molar-refractivity contribution in [3.8, 4) is 0 Å². The van der Waals surface area contributed by atoms with Gasteiger partial charge in [-0.25, -0.2) is 0 Å². The Hall–Kier alpha value is -1.55. The van der Waals surface area contributed by atoms with Crippen molar-refractivity contribution in [3.05, 3.63) is 23.8 Å². The molecule has 1 amide bonds. The highest BCUT2D eigenvalue weighted by atomic mass is 16.1. The molecule has 0 spiro atoms. The molecule has 1 aromatic carbocycles. The molecule has 0 radical (unpaired) electrons. The first kappa shape index (κ1) is 14.4. The van der Waals surface area contributed by atoms with Gasteiger partial charge in [0.1, 0.15) is 0 Å². The van der Waals surface area contributed by atoms with E-state index in [0.29, 0.717) is 6.42 Å². The maximum atomic E-state index is 12.0. The second-order valence-corrected chi connectivity index (χ2v) is 6.50. The van der Waals surface area contributed by atoms with Crippen LogP contribution in [0.3, 0.4) is 0 Å². The molecule has 2 fully saturated rings. The van der Waals surface area contributed by atoms with Gasteiger partial charge in [-0.3, -0.25) is 4.79 Å². The summed E-state index contributed by atoms with van der Waals surface area (Å²) in [5.74, 6) is 1.02. The number of nitrogens with one attached hydrogen (secondary N) is 1. The smallest absolute Gasteiger partial charge is 0.224 e. The van der Waals surface area contributed by atoms with Gasteiger partial charge in [-0.1, -0.05) is 6.07 Å². The molecule has 2 atom stereocenters. The number of piperidine rings is 1. The number of carbonyl (C=O) groups excluding carboxylic acids is 1. The fourth-order valence-electron chi connectivity index (χ4n) is 3.74. The van der Waals surface area contributed by atoms with Crippen molar-refractivity contribution >= 4 is 17.3 Å². The van der Waals surface area contributed by atoms with Crippen molar-refractivity contribution < 1.29 is 4.79 Å². The Balaban J connectivity index is 1.43. The molecule has 2 bridgehead atoms. The molecule has 1 aromatic rings. The Morgan fingerprint density at radius 1 is 1.43 bits per heavy atom. The van der Waals surface area contributed by atoms with Gasteiger partial charge in [0, 0.05) is 30.4 Å². The van der Waals surface area contributed by atoms with Crippen molar-refractivity contribution in [2.75, 3.05) is 24.1 Å². The van der Waals surface area contributed by atoms with Gasteiger partial charge in [-0.05, 0) is 62.8 Å². The van der Waals surface area contributed by atoms with E-state index in [4.69, 9.17) is 5.73 Å². The molecule has 114 valence electrons. The van der Waals surface area contributed by atoms with Gasteiger partial charge in [-0.2, -0.15) is 0 Å². The minimum Gasteiger partial charge on any atom is -0.398 e. The van der Waals surface area contributed by atoms with Crippen molar-refractivity contribution in [2.24, 2.45) is 5.92 Å². The topological polar surface area (TPSA) is 58.4 Å². The van der Waals surface area contributed by atoms with E-state index in [1.807, 2.05) is 25.1 Å². The van der Waals surface area contributed by atoms with Crippen LogP contribution in [0.1, 0.15) is 37.7 Å². The first-order chi connectivity index (χ1) is 10.1. The molecule has 1 aliphatic carbocycles. The van der Waals surface area contributed by atoms with Crippen LogP contribution in [0.4, 0.5) is 11.4 Å². The minimum atomic E-state index is 0.0908. The average molecular weight is 287 g/mol. The summed E-state index contributed by atoms with van der Waals surface area (Å²) in [6.07, 6.45) is 5.68. The summed E-state index contributed by atoms with van der Waals surface area (Å²) in [5, 5.41) is 2.97. The molecule has 2 aliphatic rings. The Labute approximate surface area is 126 Å². The molecular formula is C17H25N3O. The Bertz CT molecular complexity index is 529. The number of nitrogen functional groups attached to an aromatic ring is 1. The van der Waals surface area contributed by atoms with E-state index in [1.165, 1.54) is 25.8 Å². The van der Waals surface area contributed by atoms with Gasteiger partial charge in [0.15, 0.2) is 0 Å². The van der Waals surface area contributed by atoms with Crippen molar-refractivity contribution in [3.63, 3.8) is 0 Å². The maximum Gasteiger partial charge on any atom is 0.224 e. The van der Waals surface area contributed by atoms with E-state index in [9.17, 15) is 4.79 Å². The molecule has 2 unspecified atom stereocenters. The SMILES string of the molecule is Cc1c(N)cccc1NC(=O)CCCN1CC2CCC1C2. The number of nitrogens with zero attached hydrogens (tertiary/aromatic N) is 1. The third-order valence-corrected chi connectivity index (χ3v) is 5.02. The first-order valence-electron chi connectivity index (χ1n) is 8.02. The second-order valence-electron chi connectivity index (χ2n) is 6.50. The zero-order valence-corrected chi connectivity index (χ0v) is 12.8. The summed E-state index contributed by atoms with van der Waals surface area (Å²) >= 11 is 0. The quantitative estimate of drug-likeness (QED) is 0.819. The van der Waals surface area contributed by atoms with Gasteiger partial charge in [0.25, 0.3) is 0 Å². The third-order valence-electron chi connectivity index (χ3n) is 5.02. The van der Waals surface area contributed by atoms with Crippen molar-refractivity contribution in [1.29, 1.82) is 0 Å². The molecule has 1 aliphatic heterocycles. The summed E-state index contributed by atoms with van der Waals surface area (Å²) in [5.41, 5.74) is 8.36. The zero-order valence-electron chi connectivity index (χ0n) is 12.8. The summed E-state index contributed by atoms with van der Waals surface area (Å²) in [7, 11) is 0. The van der Waals surface area contributed by atoms with Gasteiger partial charge in [0.05, 0.1) is 0 Å². The second kappa shape index (κ2) is 6.06. The summed E-state index contributed by atoms with van der Waals surface area (Å²) < 4.78 is 0. The number of hydrogen-bond donors (Lipinski definition) is 2. The van der Waals surface area contributed by atoms with E-state index >= 15 is 0 Å². The normalized spacial score (nSPS) is 24.4. The number of hydrogen-bond acceptors (Lipinski definition) is 3. The largest absolute Gasteiger partial charge is 0.398 e. The molecule has 1 saturated heterocycles. The molecule has 4 heteroatoms. The van der Waals surface area contributed by atoms with Gasteiger partial charge >= 0.3 is 0 Å². The van der Waals surface area contributed by atoms with E-state index in [1.54, 1.807) is 0 Å². The number of fused-ring (bicyclic) bond motifs is 2. The molecule has 21 heavy (non-hydrogen) atoms. The number of carbonyl (C=O) groups is 1. The van der Waals surface area contributed by atoms with Crippen LogP contribution in [-0.4, -0.2) is 29.9 Å². The van der Waals surface area contributed by atoms with Crippen molar-refractivity contribution in [2.45, 2.75) is 45.1 Å². The maximum absolute atomic E-state index is 12.0. The predicted molar refractivity (Wildman–Crippen MR) is 86.2 cm³/mol. The Kier molecular flexibility index (Phi) is 4.15. The van der Waals surface area contributed by atoms with Crippen LogP contribution in [0.5, 0.6) is 0 Å². The lowest BCUT2D eigenvalue weighted by Crippen LogP contribution is -2.33. The Morgan fingerprint density at radius 2 is 2.29 bits per heavy atom.